The Labute approximate surface area is 288 Å². The average molecular weight is 640 g/mol. The van der Waals surface area contributed by atoms with E-state index < -0.39 is 0 Å². The van der Waals surface area contributed by atoms with Gasteiger partial charge in [-0.3, -0.25) is 4.79 Å². The summed E-state index contributed by atoms with van der Waals surface area (Å²) in [4.78, 5) is 14.7. The van der Waals surface area contributed by atoms with Crippen molar-refractivity contribution in [3.8, 4) is 0 Å². The van der Waals surface area contributed by atoms with Gasteiger partial charge in [0.25, 0.3) is 0 Å². The molecule has 0 N–H and O–H groups in total. The summed E-state index contributed by atoms with van der Waals surface area (Å²) in [6.07, 6.45) is 52.8. The van der Waals surface area contributed by atoms with Crippen LogP contribution >= 0.6 is 0 Å². The average Bonchev–Trinajstić information content (AvgIpc) is 3.04. The van der Waals surface area contributed by atoms with Gasteiger partial charge in [-0.05, 0) is 123 Å². The van der Waals surface area contributed by atoms with Gasteiger partial charge in [-0.25, -0.2) is 0 Å². The molecular formula is C43H77NO2. The molecule has 0 aliphatic rings. The molecule has 0 saturated carbocycles. The number of nitrogens with zero attached hydrogens (tertiary/aromatic N) is 1. The predicted molar refractivity (Wildman–Crippen MR) is 206 cm³/mol. The topological polar surface area (TPSA) is 29.5 Å². The van der Waals surface area contributed by atoms with Crippen molar-refractivity contribution >= 4 is 5.97 Å². The third-order valence-electron chi connectivity index (χ3n) is 8.54. The van der Waals surface area contributed by atoms with Crippen molar-refractivity contribution in [3.05, 3.63) is 61.3 Å². The first-order chi connectivity index (χ1) is 22.6. The Morgan fingerprint density at radius 1 is 0.565 bits per heavy atom. The first-order valence-corrected chi connectivity index (χ1v) is 19.6. The van der Waals surface area contributed by atoms with Crippen molar-refractivity contribution in [2.24, 2.45) is 0 Å². The molecule has 0 amide bonds. The summed E-state index contributed by atoms with van der Waals surface area (Å²) in [5.41, 5.74) is 0. The summed E-state index contributed by atoms with van der Waals surface area (Å²) in [6, 6.07) is 0. The van der Waals surface area contributed by atoms with Crippen LogP contribution < -0.4 is 0 Å². The molecule has 0 fully saturated rings. The van der Waals surface area contributed by atoms with E-state index >= 15 is 0 Å². The lowest BCUT2D eigenvalue weighted by Crippen LogP contribution is -2.20. The zero-order valence-corrected chi connectivity index (χ0v) is 31.0. The third-order valence-corrected chi connectivity index (χ3v) is 8.54. The Morgan fingerprint density at radius 2 is 1.00 bits per heavy atom. The second kappa shape index (κ2) is 37.6. The molecule has 3 nitrogen and oxygen atoms in total. The van der Waals surface area contributed by atoms with Gasteiger partial charge in [0.05, 0.1) is 0 Å². The molecule has 0 aromatic heterocycles. The van der Waals surface area contributed by atoms with Crippen LogP contribution in [-0.2, 0) is 9.53 Å². The Kier molecular flexibility index (Phi) is 36.1. The maximum absolute atomic E-state index is 12.5. The van der Waals surface area contributed by atoms with E-state index in [0.717, 1.165) is 51.5 Å². The van der Waals surface area contributed by atoms with Crippen LogP contribution in [0.5, 0.6) is 0 Å². The van der Waals surface area contributed by atoms with Gasteiger partial charge in [0, 0.05) is 6.42 Å². The van der Waals surface area contributed by atoms with Crippen LogP contribution in [0.2, 0.25) is 0 Å². The van der Waals surface area contributed by atoms with E-state index in [9.17, 15) is 4.79 Å². The van der Waals surface area contributed by atoms with Gasteiger partial charge >= 0.3 is 5.97 Å². The van der Waals surface area contributed by atoms with Gasteiger partial charge in [-0.1, -0.05) is 126 Å². The van der Waals surface area contributed by atoms with E-state index in [1.54, 1.807) is 0 Å². The van der Waals surface area contributed by atoms with Gasteiger partial charge < -0.3 is 9.64 Å². The van der Waals surface area contributed by atoms with Crippen molar-refractivity contribution in [2.45, 2.75) is 186 Å². The van der Waals surface area contributed by atoms with Crippen molar-refractivity contribution < 1.29 is 9.53 Å². The molecule has 0 saturated heterocycles. The number of carbonyl (C=O) groups excluding carboxylic acids is 1. The maximum Gasteiger partial charge on any atom is 0.306 e. The van der Waals surface area contributed by atoms with E-state index in [1.807, 2.05) is 6.08 Å². The molecule has 0 aromatic rings. The molecule has 0 aliphatic carbocycles. The Balaban J connectivity index is 4.02. The van der Waals surface area contributed by atoms with Crippen molar-refractivity contribution in [3.63, 3.8) is 0 Å². The molecule has 1 unspecified atom stereocenters. The predicted octanol–water partition coefficient (Wildman–Crippen LogP) is 13.4. The monoisotopic (exact) mass is 640 g/mol. The molecule has 46 heavy (non-hydrogen) atoms. The lowest BCUT2D eigenvalue weighted by atomic mass is 10.0. The molecule has 0 bridgehead atoms. The fourth-order valence-corrected chi connectivity index (χ4v) is 5.63. The Morgan fingerprint density at radius 3 is 1.46 bits per heavy atom. The highest BCUT2D eigenvalue weighted by Gasteiger charge is 2.14. The summed E-state index contributed by atoms with van der Waals surface area (Å²) in [5, 5.41) is 0. The highest BCUT2D eigenvalue weighted by Crippen LogP contribution is 2.18. The summed E-state index contributed by atoms with van der Waals surface area (Å²) < 4.78 is 5.99. The van der Waals surface area contributed by atoms with Crippen LogP contribution in [0.4, 0.5) is 0 Å². The zero-order valence-electron chi connectivity index (χ0n) is 31.0. The minimum Gasteiger partial charge on any atom is -0.462 e. The van der Waals surface area contributed by atoms with Gasteiger partial charge in [-0.2, -0.15) is 0 Å². The normalized spacial score (nSPS) is 12.9. The minimum absolute atomic E-state index is 0.00290. The van der Waals surface area contributed by atoms with Crippen molar-refractivity contribution in [2.75, 3.05) is 20.6 Å². The van der Waals surface area contributed by atoms with Crippen LogP contribution in [0.1, 0.15) is 180 Å². The number of carbonyl (C=O) groups is 1. The van der Waals surface area contributed by atoms with E-state index in [-0.39, 0.29) is 12.1 Å². The number of unbranched alkanes of at least 4 members (excludes halogenated alkanes) is 17. The lowest BCUT2D eigenvalue weighted by Gasteiger charge is -2.18. The van der Waals surface area contributed by atoms with Gasteiger partial charge in [0.2, 0.25) is 0 Å². The minimum atomic E-state index is 0.00290. The lowest BCUT2D eigenvalue weighted by molar-refractivity contribution is -0.150. The first kappa shape index (κ1) is 44.1. The van der Waals surface area contributed by atoms with Crippen molar-refractivity contribution in [1.29, 1.82) is 0 Å². The van der Waals surface area contributed by atoms with E-state index in [1.165, 1.54) is 122 Å². The third kappa shape index (κ3) is 36.6. The summed E-state index contributed by atoms with van der Waals surface area (Å²) in [5.74, 6) is 0.00290. The van der Waals surface area contributed by atoms with Crippen LogP contribution in [0.15, 0.2) is 61.3 Å². The molecule has 0 aromatic carbocycles. The summed E-state index contributed by atoms with van der Waals surface area (Å²) in [7, 11) is 4.12. The highest BCUT2D eigenvalue weighted by atomic mass is 16.5. The highest BCUT2D eigenvalue weighted by molar-refractivity contribution is 5.69. The molecule has 266 valence electrons. The standard InChI is InChI=1S/C43H77NO2/c1-5-7-9-11-13-15-17-19-21-23-25-27-29-31-33-35-38-42(46-43(45)40-37-41-44(3)4)39-36-34-32-30-28-26-24-22-20-18-16-14-12-10-8-6-2/h5,13-16,19-22,42H,1,6-12,17-18,23-41H2,2-4H3. The van der Waals surface area contributed by atoms with Crippen LogP contribution in [0.25, 0.3) is 0 Å². The quantitative estimate of drug-likeness (QED) is 0.0392. The first-order valence-electron chi connectivity index (χ1n) is 19.6. The number of rotatable bonds is 35. The summed E-state index contributed by atoms with van der Waals surface area (Å²) in [6.45, 7) is 6.97. The molecule has 1 atom stereocenters. The van der Waals surface area contributed by atoms with Crippen LogP contribution in [0, 0.1) is 0 Å². The molecule has 0 heterocycles. The largest absolute Gasteiger partial charge is 0.462 e. The Bertz CT molecular complexity index is 763. The second-order valence-corrected chi connectivity index (χ2v) is 13.5. The molecule has 3 heteroatoms. The molecule has 0 aliphatic heterocycles. The van der Waals surface area contributed by atoms with E-state index in [0.29, 0.717) is 6.42 Å². The maximum atomic E-state index is 12.5. The van der Waals surface area contributed by atoms with Crippen LogP contribution in [0.3, 0.4) is 0 Å². The number of hydrogen-bond donors (Lipinski definition) is 0. The zero-order chi connectivity index (χ0) is 33.6. The summed E-state index contributed by atoms with van der Waals surface area (Å²) >= 11 is 0. The smallest absolute Gasteiger partial charge is 0.306 e. The number of esters is 1. The molecule has 0 radical (unpaired) electrons. The van der Waals surface area contributed by atoms with Gasteiger partial charge in [-0.15, -0.1) is 6.58 Å². The molecular weight excluding hydrogens is 562 g/mol. The van der Waals surface area contributed by atoms with Gasteiger partial charge in [0.1, 0.15) is 6.10 Å². The SMILES string of the molecule is C=CCCCC=CCC=CCCCCCCCCC(CCCCCCCCC=CCC=CCCCCC)OC(=O)CCCN(C)C. The van der Waals surface area contributed by atoms with E-state index in [4.69, 9.17) is 4.74 Å². The number of allylic oxidation sites excluding steroid dienone is 9. The number of ether oxygens (including phenoxy) is 1. The Hall–Kier alpha value is -1.87. The fraction of sp³-hybridized carbons (Fsp3) is 0.744. The van der Waals surface area contributed by atoms with Crippen molar-refractivity contribution in [1.82, 2.24) is 4.90 Å². The molecule has 0 spiro atoms. The van der Waals surface area contributed by atoms with Crippen LogP contribution in [-0.4, -0.2) is 37.6 Å². The molecule has 0 rings (SSSR count). The number of hydrogen-bond acceptors (Lipinski definition) is 3. The van der Waals surface area contributed by atoms with Gasteiger partial charge in [0.15, 0.2) is 0 Å². The fourth-order valence-electron chi connectivity index (χ4n) is 5.63. The second-order valence-electron chi connectivity index (χ2n) is 13.5. The van der Waals surface area contributed by atoms with E-state index in [2.05, 4.69) is 81.1 Å².